The van der Waals surface area contributed by atoms with Gasteiger partial charge >= 0.3 is 6.36 Å². The number of likely N-dealkylation sites (tertiary alicyclic amines) is 1. The van der Waals surface area contributed by atoms with E-state index in [1.165, 1.54) is 31.7 Å². The van der Waals surface area contributed by atoms with Gasteiger partial charge in [0.05, 0.1) is 0 Å². The van der Waals surface area contributed by atoms with Crippen molar-refractivity contribution in [1.29, 1.82) is 0 Å². The molecule has 2 fully saturated rings. The third-order valence-corrected chi connectivity index (χ3v) is 6.68. The first-order valence-electron chi connectivity index (χ1n) is 10.2. The Morgan fingerprint density at radius 3 is 2.48 bits per heavy atom. The highest BCUT2D eigenvalue weighted by atomic mass is 19.4. The molecule has 2 nitrogen and oxygen atoms in total. The van der Waals surface area contributed by atoms with Gasteiger partial charge in [-0.25, -0.2) is 0 Å². The number of nitrogens with zero attached hydrogens (tertiary/aromatic N) is 1. The van der Waals surface area contributed by atoms with Crippen molar-refractivity contribution in [2.45, 2.75) is 65.2 Å². The van der Waals surface area contributed by atoms with E-state index in [4.69, 9.17) is 0 Å². The molecular formula is C22H32F3NO. The first-order chi connectivity index (χ1) is 12.6. The lowest BCUT2D eigenvalue weighted by molar-refractivity contribution is -0.274. The van der Waals surface area contributed by atoms with Crippen molar-refractivity contribution >= 4 is 0 Å². The summed E-state index contributed by atoms with van der Waals surface area (Å²) in [6.45, 7) is 10.0. The van der Waals surface area contributed by atoms with Crippen LogP contribution in [-0.4, -0.2) is 30.9 Å². The summed E-state index contributed by atoms with van der Waals surface area (Å²) in [7, 11) is 0. The van der Waals surface area contributed by atoms with Crippen LogP contribution in [0.15, 0.2) is 24.3 Å². The lowest BCUT2D eigenvalue weighted by Gasteiger charge is -2.39. The van der Waals surface area contributed by atoms with Crippen molar-refractivity contribution < 1.29 is 17.9 Å². The van der Waals surface area contributed by atoms with Crippen LogP contribution in [0.1, 0.15) is 64.4 Å². The highest BCUT2D eigenvalue weighted by molar-refractivity contribution is 5.32. The van der Waals surface area contributed by atoms with Crippen LogP contribution < -0.4 is 4.74 Å². The Bertz CT molecular complexity index is 620. The zero-order chi connectivity index (χ0) is 19.7. The molecule has 0 N–H and O–H groups in total. The number of hydrogen-bond donors (Lipinski definition) is 0. The van der Waals surface area contributed by atoms with Crippen LogP contribution in [0.25, 0.3) is 0 Å². The summed E-state index contributed by atoms with van der Waals surface area (Å²) in [5.74, 6) is 1.39. The van der Waals surface area contributed by atoms with Gasteiger partial charge < -0.3 is 9.64 Å². The normalized spacial score (nSPS) is 25.5. The molecule has 1 saturated heterocycles. The SMILES string of the molecule is CC1CCN(CC(c2cccc(OC(F)(F)F)c2)C2CCCC2(C)C)CC1. The zero-order valence-electron chi connectivity index (χ0n) is 16.7. The van der Waals surface area contributed by atoms with Crippen molar-refractivity contribution in [3.05, 3.63) is 29.8 Å². The van der Waals surface area contributed by atoms with E-state index in [0.717, 1.165) is 37.5 Å². The van der Waals surface area contributed by atoms with E-state index in [2.05, 4.69) is 30.4 Å². The van der Waals surface area contributed by atoms with Gasteiger partial charge in [0.1, 0.15) is 5.75 Å². The molecule has 2 atom stereocenters. The summed E-state index contributed by atoms with van der Waals surface area (Å²) < 4.78 is 42.2. The van der Waals surface area contributed by atoms with E-state index in [0.29, 0.717) is 5.92 Å². The summed E-state index contributed by atoms with van der Waals surface area (Å²) in [4.78, 5) is 2.51. The monoisotopic (exact) mass is 383 g/mol. The molecule has 0 bridgehead atoms. The lowest BCUT2D eigenvalue weighted by Crippen LogP contribution is -2.39. The largest absolute Gasteiger partial charge is 0.573 e. The Balaban J connectivity index is 1.84. The van der Waals surface area contributed by atoms with Gasteiger partial charge in [0.25, 0.3) is 0 Å². The van der Waals surface area contributed by atoms with E-state index in [9.17, 15) is 13.2 Å². The van der Waals surface area contributed by atoms with E-state index < -0.39 is 6.36 Å². The zero-order valence-corrected chi connectivity index (χ0v) is 16.7. The molecule has 1 saturated carbocycles. The fourth-order valence-corrected chi connectivity index (χ4v) is 5.03. The van der Waals surface area contributed by atoms with Gasteiger partial charge in [-0.05, 0) is 73.7 Å². The molecule has 0 amide bonds. The second-order valence-corrected chi connectivity index (χ2v) is 9.20. The topological polar surface area (TPSA) is 12.5 Å². The van der Waals surface area contributed by atoms with Crippen LogP contribution in [0.2, 0.25) is 0 Å². The Morgan fingerprint density at radius 2 is 1.89 bits per heavy atom. The van der Waals surface area contributed by atoms with Crippen LogP contribution in [0.4, 0.5) is 13.2 Å². The predicted molar refractivity (Wildman–Crippen MR) is 102 cm³/mol. The average molecular weight is 383 g/mol. The molecule has 2 unspecified atom stereocenters. The molecule has 27 heavy (non-hydrogen) atoms. The lowest BCUT2D eigenvalue weighted by atomic mass is 9.71. The van der Waals surface area contributed by atoms with Crippen molar-refractivity contribution in [2.24, 2.45) is 17.3 Å². The molecule has 0 radical (unpaired) electrons. The second kappa shape index (κ2) is 8.02. The standard InChI is InChI=1S/C22H32F3NO/c1-16-9-12-26(13-10-16)15-19(20-8-5-11-21(20,2)3)17-6-4-7-18(14-17)27-22(23,24)25/h4,6-7,14,16,19-20H,5,8-13,15H2,1-3H3. The van der Waals surface area contributed by atoms with Crippen molar-refractivity contribution in [3.63, 3.8) is 0 Å². The molecule has 1 aromatic carbocycles. The minimum Gasteiger partial charge on any atom is -0.406 e. The molecule has 1 aliphatic carbocycles. The molecule has 2 aliphatic rings. The van der Waals surface area contributed by atoms with Crippen molar-refractivity contribution in [3.8, 4) is 5.75 Å². The van der Waals surface area contributed by atoms with Gasteiger partial charge in [0, 0.05) is 12.5 Å². The third-order valence-electron chi connectivity index (χ3n) is 6.68. The Labute approximate surface area is 161 Å². The summed E-state index contributed by atoms with van der Waals surface area (Å²) >= 11 is 0. The van der Waals surface area contributed by atoms with E-state index in [-0.39, 0.29) is 17.1 Å². The predicted octanol–water partition coefficient (Wildman–Crippen LogP) is 6.23. The molecule has 1 aliphatic heterocycles. The smallest absolute Gasteiger partial charge is 0.406 e. The quantitative estimate of drug-likeness (QED) is 0.598. The first-order valence-corrected chi connectivity index (χ1v) is 10.2. The highest BCUT2D eigenvalue weighted by Crippen LogP contribution is 2.50. The van der Waals surface area contributed by atoms with Gasteiger partial charge in [0.15, 0.2) is 0 Å². The van der Waals surface area contributed by atoms with Crippen LogP contribution in [0.3, 0.4) is 0 Å². The minimum atomic E-state index is -4.65. The second-order valence-electron chi connectivity index (χ2n) is 9.20. The molecule has 3 rings (SSSR count). The maximum Gasteiger partial charge on any atom is 0.573 e. The Hall–Kier alpha value is -1.23. The van der Waals surface area contributed by atoms with Gasteiger partial charge in [-0.1, -0.05) is 39.3 Å². The maximum absolute atomic E-state index is 12.7. The van der Waals surface area contributed by atoms with Crippen LogP contribution in [0, 0.1) is 17.3 Å². The fourth-order valence-electron chi connectivity index (χ4n) is 5.03. The number of ether oxygens (including phenoxy) is 1. The van der Waals surface area contributed by atoms with Crippen LogP contribution >= 0.6 is 0 Å². The number of halogens is 3. The van der Waals surface area contributed by atoms with Crippen LogP contribution in [-0.2, 0) is 0 Å². The fraction of sp³-hybridized carbons (Fsp3) is 0.727. The van der Waals surface area contributed by atoms with E-state index in [1.807, 2.05) is 6.07 Å². The van der Waals surface area contributed by atoms with Gasteiger partial charge in [0.2, 0.25) is 0 Å². The Kier molecular flexibility index (Phi) is 6.09. The van der Waals surface area contributed by atoms with Gasteiger partial charge in [-0.2, -0.15) is 0 Å². The minimum absolute atomic E-state index is 0.104. The van der Waals surface area contributed by atoms with Gasteiger partial charge in [-0.15, -0.1) is 13.2 Å². The number of hydrogen-bond acceptors (Lipinski definition) is 2. The number of piperidine rings is 1. The summed E-state index contributed by atoms with van der Waals surface area (Å²) in [6, 6.07) is 6.69. The third kappa shape index (κ3) is 5.40. The molecular weight excluding hydrogens is 351 g/mol. The molecule has 1 heterocycles. The molecule has 0 spiro atoms. The number of benzene rings is 1. The number of rotatable bonds is 5. The van der Waals surface area contributed by atoms with Crippen LogP contribution in [0.5, 0.6) is 5.75 Å². The molecule has 5 heteroatoms. The summed E-state index contributed by atoms with van der Waals surface area (Å²) in [5, 5.41) is 0. The molecule has 1 aromatic rings. The summed E-state index contributed by atoms with van der Waals surface area (Å²) in [5.41, 5.74) is 1.20. The van der Waals surface area contributed by atoms with Crippen molar-refractivity contribution in [2.75, 3.05) is 19.6 Å². The average Bonchev–Trinajstić information content (AvgIpc) is 2.92. The maximum atomic E-state index is 12.7. The van der Waals surface area contributed by atoms with E-state index >= 15 is 0 Å². The molecule has 152 valence electrons. The number of alkyl halides is 3. The van der Waals surface area contributed by atoms with E-state index in [1.54, 1.807) is 12.1 Å². The molecule has 0 aromatic heterocycles. The summed E-state index contributed by atoms with van der Waals surface area (Å²) in [6.07, 6.45) is 1.29. The highest BCUT2D eigenvalue weighted by Gasteiger charge is 2.41. The van der Waals surface area contributed by atoms with Gasteiger partial charge in [-0.3, -0.25) is 0 Å². The van der Waals surface area contributed by atoms with Crippen molar-refractivity contribution in [1.82, 2.24) is 4.90 Å². The Morgan fingerprint density at radius 1 is 1.19 bits per heavy atom. The first kappa shape index (κ1) is 20.5.